The lowest BCUT2D eigenvalue weighted by Gasteiger charge is -2.27. The van der Waals surface area contributed by atoms with Crippen LogP contribution in [0.5, 0.6) is 0 Å². The molecule has 5 rings (SSSR count). The van der Waals surface area contributed by atoms with Gasteiger partial charge < -0.3 is 16.5 Å². The number of aromatic nitrogens is 2. The minimum Gasteiger partial charge on any atom is -0.341 e. The molecular formula is C31H37N5. The summed E-state index contributed by atoms with van der Waals surface area (Å²) in [6.45, 7) is 12.9. The zero-order valence-electron chi connectivity index (χ0n) is 22.2. The number of benzene rings is 3. The van der Waals surface area contributed by atoms with E-state index in [0.717, 1.165) is 34.9 Å². The lowest BCUT2D eigenvalue weighted by molar-refractivity contribution is 0.317. The fourth-order valence-electron chi connectivity index (χ4n) is 4.73. The number of rotatable bonds is 4. The molecule has 0 saturated carbocycles. The number of nitrogens with zero attached hydrogens (tertiary/aromatic N) is 2. The van der Waals surface area contributed by atoms with E-state index in [0.29, 0.717) is 0 Å². The largest absolute Gasteiger partial charge is 0.341 e. The number of hydrogen-bond acceptors (Lipinski definition) is 4. The van der Waals surface area contributed by atoms with Crippen molar-refractivity contribution in [2.75, 3.05) is 0 Å². The van der Waals surface area contributed by atoms with Crippen LogP contribution in [0.4, 0.5) is 5.69 Å². The van der Waals surface area contributed by atoms with E-state index >= 15 is 0 Å². The van der Waals surface area contributed by atoms with Gasteiger partial charge in [0.05, 0.1) is 23.6 Å². The third kappa shape index (κ3) is 4.61. The van der Waals surface area contributed by atoms with Gasteiger partial charge in [-0.2, -0.15) is 0 Å². The van der Waals surface area contributed by atoms with Crippen molar-refractivity contribution in [1.82, 2.24) is 9.97 Å². The van der Waals surface area contributed by atoms with Crippen LogP contribution in [0.3, 0.4) is 0 Å². The fraction of sp³-hybridized carbons (Fsp3) is 0.355. The van der Waals surface area contributed by atoms with E-state index in [-0.39, 0.29) is 22.9 Å². The summed E-state index contributed by atoms with van der Waals surface area (Å²) in [5.41, 5.74) is 20.7. The predicted molar refractivity (Wildman–Crippen MR) is 152 cm³/mol. The van der Waals surface area contributed by atoms with Gasteiger partial charge in [0.1, 0.15) is 5.82 Å². The Morgan fingerprint density at radius 2 is 1.33 bits per heavy atom. The first kappa shape index (κ1) is 24.4. The second-order valence-electron chi connectivity index (χ2n) is 12.3. The Kier molecular flexibility index (Phi) is 5.89. The van der Waals surface area contributed by atoms with E-state index in [1.54, 1.807) is 0 Å². The van der Waals surface area contributed by atoms with Crippen molar-refractivity contribution < 1.29 is 0 Å². The van der Waals surface area contributed by atoms with Gasteiger partial charge in [0.2, 0.25) is 0 Å². The lowest BCUT2D eigenvalue weighted by atomic mass is 9.83. The Morgan fingerprint density at radius 1 is 0.750 bits per heavy atom. The predicted octanol–water partition coefficient (Wildman–Crippen LogP) is 6.94. The first-order valence-corrected chi connectivity index (χ1v) is 12.7. The molecule has 1 aliphatic heterocycles. The lowest BCUT2D eigenvalue weighted by Crippen LogP contribution is -2.42. The molecule has 186 valence electrons. The molecule has 2 heterocycles. The van der Waals surface area contributed by atoms with Crippen molar-refractivity contribution in [3.63, 3.8) is 0 Å². The van der Waals surface area contributed by atoms with E-state index < -0.39 is 0 Å². The summed E-state index contributed by atoms with van der Waals surface area (Å²) in [7, 11) is 0. The minimum atomic E-state index is -0.146. The number of fused-ring (bicyclic) bond motifs is 2. The summed E-state index contributed by atoms with van der Waals surface area (Å²) in [6.07, 6.45) is 2.70. The van der Waals surface area contributed by atoms with Crippen LogP contribution in [0, 0.1) is 10.8 Å². The number of hydrogen-bond donors (Lipinski definition) is 3. The van der Waals surface area contributed by atoms with E-state index in [9.17, 15) is 0 Å². The molecule has 5 N–H and O–H groups in total. The molecule has 0 amide bonds. The average molecular weight is 480 g/mol. The quantitative estimate of drug-likeness (QED) is 0.296. The molecule has 0 aliphatic carbocycles. The normalized spacial score (nSPS) is 15.6. The Bertz CT molecular complexity index is 1460. The SMILES string of the molecule is CC(C)(C)[C@H](N)C1=Nc2ccc(-c3ccc4cc(-c5cnc([C@@H](N)C(C)(C)C)[nH]5)ccc4c3)cc2C1. The number of aromatic amines is 1. The number of nitrogens with two attached hydrogens (primary N) is 2. The van der Waals surface area contributed by atoms with Gasteiger partial charge >= 0.3 is 0 Å². The summed E-state index contributed by atoms with van der Waals surface area (Å²) < 4.78 is 0. The summed E-state index contributed by atoms with van der Waals surface area (Å²) in [5.74, 6) is 0.820. The van der Waals surface area contributed by atoms with Gasteiger partial charge in [-0.15, -0.1) is 0 Å². The van der Waals surface area contributed by atoms with Crippen molar-refractivity contribution >= 4 is 22.2 Å². The molecule has 1 aliphatic rings. The van der Waals surface area contributed by atoms with Gasteiger partial charge in [-0.1, -0.05) is 71.9 Å². The highest BCUT2D eigenvalue weighted by Crippen LogP contribution is 2.36. The summed E-state index contributed by atoms with van der Waals surface area (Å²) in [5, 5.41) is 2.39. The third-order valence-corrected chi connectivity index (χ3v) is 7.31. The Hall–Kier alpha value is -3.28. The molecule has 0 bridgehead atoms. The van der Waals surface area contributed by atoms with Gasteiger partial charge in [0, 0.05) is 23.7 Å². The smallest absolute Gasteiger partial charge is 0.124 e. The second-order valence-corrected chi connectivity index (χ2v) is 12.3. The van der Waals surface area contributed by atoms with Crippen LogP contribution in [-0.4, -0.2) is 21.7 Å². The number of nitrogens with one attached hydrogen (secondary N) is 1. The monoisotopic (exact) mass is 479 g/mol. The van der Waals surface area contributed by atoms with Gasteiger partial charge in [-0.3, -0.25) is 4.99 Å². The Morgan fingerprint density at radius 3 is 2.00 bits per heavy atom. The summed E-state index contributed by atoms with van der Waals surface area (Å²) >= 11 is 0. The van der Waals surface area contributed by atoms with Crippen LogP contribution in [0.25, 0.3) is 33.2 Å². The van der Waals surface area contributed by atoms with Crippen LogP contribution < -0.4 is 11.5 Å². The molecule has 4 aromatic rings. The van der Waals surface area contributed by atoms with E-state index in [1.807, 2.05) is 6.20 Å². The van der Waals surface area contributed by atoms with Crippen molar-refractivity contribution in [2.45, 2.75) is 60.0 Å². The highest BCUT2D eigenvalue weighted by molar-refractivity contribution is 5.99. The van der Waals surface area contributed by atoms with Crippen molar-refractivity contribution in [2.24, 2.45) is 27.3 Å². The number of imidazole rings is 1. The van der Waals surface area contributed by atoms with E-state index in [4.69, 9.17) is 16.5 Å². The summed E-state index contributed by atoms with van der Waals surface area (Å²) in [6, 6.07) is 19.5. The van der Waals surface area contributed by atoms with Gasteiger partial charge in [0.15, 0.2) is 0 Å². The second kappa shape index (κ2) is 8.68. The Labute approximate surface area is 214 Å². The van der Waals surface area contributed by atoms with Gasteiger partial charge in [0.25, 0.3) is 0 Å². The highest BCUT2D eigenvalue weighted by atomic mass is 15.0. The maximum Gasteiger partial charge on any atom is 0.124 e. The number of H-pyrrole nitrogens is 1. The molecule has 5 heteroatoms. The molecule has 0 radical (unpaired) electrons. The van der Waals surface area contributed by atoms with Crippen LogP contribution in [-0.2, 0) is 6.42 Å². The zero-order valence-corrected chi connectivity index (χ0v) is 22.2. The maximum absolute atomic E-state index is 6.49. The molecule has 0 saturated heterocycles. The third-order valence-electron chi connectivity index (χ3n) is 7.31. The van der Waals surface area contributed by atoms with Crippen LogP contribution in [0.1, 0.15) is 59.0 Å². The van der Waals surface area contributed by atoms with E-state index in [2.05, 4.69) is 106 Å². The van der Waals surface area contributed by atoms with Crippen molar-refractivity contribution in [3.8, 4) is 22.4 Å². The van der Waals surface area contributed by atoms with Crippen LogP contribution >= 0.6 is 0 Å². The fourth-order valence-corrected chi connectivity index (χ4v) is 4.73. The van der Waals surface area contributed by atoms with Crippen molar-refractivity contribution in [3.05, 3.63) is 72.2 Å². The van der Waals surface area contributed by atoms with Gasteiger partial charge in [-0.25, -0.2) is 4.98 Å². The average Bonchev–Trinajstić information content (AvgIpc) is 3.48. The molecule has 36 heavy (non-hydrogen) atoms. The number of aliphatic imine (C=N–C) groups is 1. The first-order valence-electron chi connectivity index (χ1n) is 12.7. The van der Waals surface area contributed by atoms with Gasteiger partial charge in [-0.05, 0) is 62.6 Å². The molecule has 2 atom stereocenters. The minimum absolute atomic E-state index is 0.00270. The maximum atomic E-state index is 6.49. The summed E-state index contributed by atoms with van der Waals surface area (Å²) in [4.78, 5) is 12.8. The zero-order chi connectivity index (χ0) is 25.8. The molecule has 3 aromatic carbocycles. The molecule has 0 fully saturated rings. The Balaban J connectivity index is 1.39. The van der Waals surface area contributed by atoms with Crippen LogP contribution in [0.2, 0.25) is 0 Å². The molecule has 0 spiro atoms. The highest BCUT2D eigenvalue weighted by Gasteiger charge is 2.29. The van der Waals surface area contributed by atoms with Crippen molar-refractivity contribution in [1.29, 1.82) is 0 Å². The molecule has 0 unspecified atom stereocenters. The van der Waals surface area contributed by atoms with Crippen LogP contribution in [0.15, 0.2) is 65.8 Å². The standard InChI is InChI=1S/C31H37N5/c1-30(2,3)27(32)25-16-23-15-21(11-12-24(23)35-25)18-7-8-20-14-22(10-9-19(20)13-18)26-17-34-29(36-26)28(33)31(4,5)6/h7-15,17,27-28H,16,32-33H2,1-6H3,(H,34,36)/t27-,28-/m1/s1. The molecule has 1 aromatic heterocycles. The molecular weight excluding hydrogens is 442 g/mol. The topological polar surface area (TPSA) is 93.1 Å². The van der Waals surface area contributed by atoms with E-state index in [1.165, 1.54) is 27.5 Å². The first-order chi connectivity index (χ1) is 16.9. The molecule has 5 nitrogen and oxygen atoms in total.